The van der Waals surface area contributed by atoms with Crippen molar-refractivity contribution in [2.24, 2.45) is 0 Å². The number of likely N-dealkylation sites (N-methyl/N-ethyl adjacent to an activating group) is 2. The Hall–Kier alpha value is -2.59. The molecule has 0 aliphatic rings. The van der Waals surface area contributed by atoms with Crippen LogP contribution in [-0.4, -0.2) is 62.0 Å². The second-order valence-corrected chi connectivity index (χ2v) is 7.28. The summed E-state index contributed by atoms with van der Waals surface area (Å²) in [6.45, 7) is 3.62. The maximum absolute atomic E-state index is 13.7. The summed E-state index contributed by atoms with van der Waals surface area (Å²) in [5, 5.41) is 9.97. The fraction of sp³-hybridized carbons (Fsp3) is 0.524. The highest BCUT2D eigenvalue weighted by Gasteiger charge is 2.34. The molecular formula is C21H29F3N4O3. The van der Waals surface area contributed by atoms with Gasteiger partial charge in [0.2, 0.25) is 0 Å². The zero-order valence-corrected chi connectivity index (χ0v) is 18.2. The van der Waals surface area contributed by atoms with Crippen molar-refractivity contribution in [3.63, 3.8) is 0 Å². The van der Waals surface area contributed by atoms with Crippen molar-refractivity contribution >= 4 is 5.97 Å². The molecule has 7 nitrogen and oxygen atoms in total. The van der Waals surface area contributed by atoms with E-state index in [0.29, 0.717) is 24.2 Å². The Kier molecular flexibility index (Phi) is 8.88. The zero-order valence-electron chi connectivity index (χ0n) is 18.2. The molecule has 0 atom stereocenters. The van der Waals surface area contributed by atoms with E-state index in [1.54, 1.807) is 12.3 Å². The third kappa shape index (κ3) is 6.96. The number of nitrogens with one attached hydrogen (secondary N) is 2. The molecule has 2 N–H and O–H groups in total. The van der Waals surface area contributed by atoms with Gasteiger partial charge in [0, 0.05) is 37.2 Å². The van der Waals surface area contributed by atoms with Crippen molar-refractivity contribution in [2.45, 2.75) is 32.5 Å². The van der Waals surface area contributed by atoms with Crippen molar-refractivity contribution in [1.82, 2.24) is 20.4 Å². The van der Waals surface area contributed by atoms with Crippen LogP contribution in [0.25, 0.3) is 11.3 Å². The number of rotatable bonds is 11. The molecule has 1 heterocycles. The Morgan fingerprint density at radius 2 is 2.06 bits per heavy atom. The summed E-state index contributed by atoms with van der Waals surface area (Å²) in [4.78, 5) is 13.3. The lowest BCUT2D eigenvalue weighted by molar-refractivity contribution is -0.141. The summed E-state index contributed by atoms with van der Waals surface area (Å²) in [5.41, 5.74) is 1.03. The van der Waals surface area contributed by atoms with E-state index in [9.17, 15) is 18.0 Å². The van der Waals surface area contributed by atoms with Crippen molar-refractivity contribution in [3.8, 4) is 17.0 Å². The number of alkyl halides is 3. The number of carbonyl (C=O) groups excluding carboxylic acids is 1. The van der Waals surface area contributed by atoms with Crippen molar-refractivity contribution in [2.75, 3.05) is 40.9 Å². The van der Waals surface area contributed by atoms with E-state index in [0.717, 1.165) is 24.7 Å². The fourth-order valence-corrected chi connectivity index (χ4v) is 3.17. The van der Waals surface area contributed by atoms with E-state index in [1.165, 1.54) is 14.0 Å². The van der Waals surface area contributed by atoms with Crippen LogP contribution < -0.4 is 10.1 Å². The lowest BCUT2D eigenvalue weighted by Crippen LogP contribution is -2.27. The Morgan fingerprint density at radius 3 is 2.71 bits per heavy atom. The van der Waals surface area contributed by atoms with Crippen LogP contribution in [0.1, 0.15) is 29.5 Å². The first kappa shape index (κ1) is 24.7. The normalized spacial score (nSPS) is 11.7. The maximum atomic E-state index is 13.7. The standard InChI is InChI=1S/C21H29F3N4O3/c1-14-17(20-15(12-26-27-20)13-28(3)8-7-25-2)10-16(11-18(14)21(22,23)24)31-9-5-6-19(29)30-4/h10-12,25H,5-9,13H2,1-4H3,(H,26,27). The van der Waals surface area contributed by atoms with Gasteiger partial charge >= 0.3 is 12.1 Å². The van der Waals surface area contributed by atoms with E-state index in [-0.39, 0.29) is 24.3 Å². The predicted molar refractivity (Wildman–Crippen MR) is 111 cm³/mol. The van der Waals surface area contributed by atoms with Gasteiger partial charge in [-0.2, -0.15) is 18.3 Å². The minimum atomic E-state index is -4.53. The lowest BCUT2D eigenvalue weighted by atomic mass is 9.97. The Balaban J connectivity index is 2.32. The molecule has 1 aromatic carbocycles. The topological polar surface area (TPSA) is 79.5 Å². The van der Waals surface area contributed by atoms with E-state index in [1.807, 2.05) is 14.1 Å². The van der Waals surface area contributed by atoms with Crippen molar-refractivity contribution in [3.05, 3.63) is 35.0 Å². The fourth-order valence-electron chi connectivity index (χ4n) is 3.17. The van der Waals surface area contributed by atoms with Gasteiger partial charge in [-0.1, -0.05) is 0 Å². The number of nitrogens with zero attached hydrogens (tertiary/aromatic N) is 2. The summed E-state index contributed by atoms with van der Waals surface area (Å²) in [6, 6.07) is 2.57. The van der Waals surface area contributed by atoms with Crippen LogP contribution >= 0.6 is 0 Å². The smallest absolute Gasteiger partial charge is 0.416 e. The first-order chi connectivity index (χ1) is 14.7. The molecular weight excluding hydrogens is 413 g/mol. The summed E-state index contributed by atoms with van der Waals surface area (Å²) < 4.78 is 51.1. The maximum Gasteiger partial charge on any atom is 0.416 e. The number of benzene rings is 1. The summed E-state index contributed by atoms with van der Waals surface area (Å²) >= 11 is 0. The molecule has 2 aromatic rings. The molecule has 0 spiro atoms. The predicted octanol–water partition coefficient (Wildman–Crippen LogP) is 3.39. The highest BCUT2D eigenvalue weighted by Crippen LogP contribution is 2.39. The van der Waals surface area contributed by atoms with Crippen molar-refractivity contribution in [1.29, 1.82) is 0 Å². The highest BCUT2D eigenvalue weighted by atomic mass is 19.4. The molecule has 172 valence electrons. The van der Waals surface area contributed by atoms with Gasteiger partial charge < -0.3 is 19.7 Å². The van der Waals surface area contributed by atoms with Gasteiger partial charge in [0.25, 0.3) is 0 Å². The second-order valence-electron chi connectivity index (χ2n) is 7.28. The lowest BCUT2D eigenvalue weighted by Gasteiger charge is -2.19. The number of esters is 1. The van der Waals surface area contributed by atoms with Crippen LogP contribution in [0.3, 0.4) is 0 Å². The number of hydrogen-bond acceptors (Lipinski definition) is 6. The van der Waals surface area contributed by atoms with Crippen LogP contribution in [0.15, 0.2) is 18.3 Å². The molecule has 0 fully saturated rings. The largest absolute Gasteiger partial charge is 0.494 e. The zero-order chi connectivity index (χ0) is 23.0. The van der Waals surface area contributed by atoms with Gasteiger partial charge in [0.05, 0.1) is 31.2 Å². The van der Waals surface area contributed by atoms with Gasteiger partial charge in [0.15, 0.2) is 0 Å². The Morgan fingerprint density at radius 1 is 1.32 bits per heavy atom. The summed E-state index contributed by atoms with van der Waals surface area (Å²) in [7, 11) is 5.07. The SMILES string of the molecule is CNCCN(C)Cc1cn[nH]c1-c1cc(OCCCC(=O)OC)cc(C(F)(F)F)c1C. The molecule has 2 rings (SSSR count). The molecule has 0 radical (unpaired) electrons. The molecule has 0 bridgehead atoms. The molecule has 0 unspecified atom stereocenters. The van der Waals surface area contributed by atoms with E-state index in [2.05, 4.69) is 25.2 Å². The van der Waals surface area contributed by atoms with Gasteiger partial charge in [-0.3, -0.25) is 9.89 Å². The molecule has 0 saturated carbocycles. The number of aromatic amines is 1. The van der Waals surface area contributed by atoms with E-state index < -0.39 is 17.7 Å². The number of H-pyrrole nitrogens is 1. The monoisotopic (exact) mass is 442 g/mol. The van der Waals surface area contributed by atoms with Crippen LogP contribution in [0.2, 0.25) is 0 Å². The summed E-state index contributed by atoms with van der Waals surface area (Å²) in [6.07, 6.45) is -2.44. The highest BCUT2D eigenvalue weighted by molar-refractivity contribution is 5.70. The minimum Gasteiger partial charge on any atom is -0.494 e. The molecule has 1 aromatic heterocycles. The number of halogens is 3. The van der Waals surface area contributed by atoms with E-state index >= 15 is 0 Å². The number of methoxy groups -OCH3 is 1. The quantitative estimate of drug-likeness (QED) is 0.410. The van der Waals surface area contributed by atoms with E-state index in [4.69, 9.17) is 4.74 Å². The van der Waals surface area contributed by atoms with Crippen LogP contribution in [0, 0.1) is 6.92 Å². The van der Waals surface area contributed by atoms with Gasteiger partial charge in [-0.15, -0.1) is 0 Å². The number of aromatic nitrogens is 2. The molecule has 0 aliphatic heterocycles. The van der Waals surface area contributed by atoms with Crippen molar-refractivity contribution < 1.29 is 27.4 Å². The molecule has 0 aliphatic carbocycles. The van der Waals surface area contributed by atoms with Crippen LogP contribution in [-0.2, 0) is 22.3 Å². The first-order valence-corrected chi connectivity index (χ1v) is 9.94. The number of carbonyl (C=O) groups is 1. The van der Waals surface area contributed by atoms with Gasteiger partial charge in [-0.25, -0.2) is 0 Å². The number of ether oxygens (including phenoxy) is 2. The van der Waals surface area contributed by atoms with Gasteiger partial charge in [0.1, 0.15) is 5.75 Å². The average Bonchev–Trinajstić information content (AvgIpc) is 3.17. The number of hydrogen-bond donors (Lipinski definition) is 2. The molecule has 10 heteroatoms. The molecule has 0 saturated heterocycles. The van der Waals surface area contributed by atoms with Crippen LogP contribution in [0.4, 0.5) is 13.2 Å². The first-order valence-electron chi connectivity index (χ1n) is 9.94. The molecule has 31 heavy (non-hydrogen) atoms. The van der Waals surface area contributed by atoms with Gasteiger partial charge in [-0.05, 0) is 45.1 Å². The Labute approximate surface area is 179 Å². The second kappa shape index (κ2) is 11.1. The average molecular weight is 442 g/mol. The summed E-state index contributed by atoms with van der Waals surface area (Å²) in [5.74, 6) is -0.310. The third-order valence-corrected chi connectivity index (χ3v) is 4.88. The molecule has 0 amide bonds. The van der Waals surface area contributed by atoms with Crippen LogP contribution in [0.5, 0.6) is 5.75 Å². The Bertz CT molecular complexity index is 868. The third-order valence-electron chi connectivity index (χ3n) is 4.88. The minimum absolute atomic E-state index is 0.0851.